The van der Waals surface area contributed by atoms with Crippen molar-refractivity contribution in [3.63, 3.8) is 0 Å². The molecule has 0 atom stereocenters. The highest BCUT2D eigenvalue weighted by atomic mass is 32.1. The van der Waals surface area contributed by atoms with Gasteiger partial charge in [0.2, 0.25) is 4.83 Å². The SMILES string of the molecule is Cc1ccc2c3ccccc3n3c4c(C(C)C)sc5nc[n+](C)c(c1c23)c54. The first-order valence-electron chi connectivity index (χ1n) is 9.42. The number of aryl methyl sites for hydroxylation is 2. The number of hydrogen-bond acceptors (Lipinski definition) is 2. The molecule has 0 aliphatic rings. The van der Waals surface area contributed by atoms with Crippen LogP contribution < -0.4 is 4.57 Å². The van der Waals surface area contributed by atoms with Crippen LogP contribution in [0.25, 0.3) is 48.4 Å². The predicted octanol–water partition coefficient (Wildman–Crippen LogP) is 5.70. The van der Waals surface area contributed by atoms with E-state index in [4.69, 9.17) is 4.98 Å². The second kappa shape index (κ2) is 4.96. The largest absolute Gasteiger partial charge is 0.306 e. The maximum atomic E-state index is 4.79. The summed E-state index contributed by atoms with van der Waals surface area (Å²) in [7, 11) is 2.12. The Morgan fingerprint density at radius 1 is 1.00 bits per heavy atom. The minimum Gasteiger partial charge on any atom is -0.306 e. The van der Waals surface area contributed by atoms with Crippen LogP contribution in [0.4, 0.5) is 0 Å². The molecule has 0 aliphatic heterocycles. The summed E-state index contributed by atoms with van der Waals surface area (Å²) in [6.07, 6.45) is 1.97. The minimum absolute atomic E-state index is 0.458. The van der Waals surface area contributed by atoms with Crippen LogP contribution in [0, 0.1) is 6.92 Å². The van der Waals surface area contributed by atoms with Crippen molar-refractivity contribution >= 4 is 59.8 Å². The first kappa shape index (κ1) is 15.3. The summed E-state index contributed by atoms with van der Waals surface area (Å²) in [4.78, 5) is 7.34. The van der Waals surface area contributed by atoms with Gasteiger partial charge >= 0.3 is 0 Å². The molecule has 2 aromatic carbocycles. The van der Waals surface area contributed by atoms with Crippen LogP contribution in [-0.4, -0.2) is 9.38 Å². The van der Waals surface area contributed by atoms with Crippen molar-refractivity contribution in [2.45, 2.75) is 26.7 Å². The summed E-state index contributed by atoms with van der Waals surface area (Å²) in [5.41, 5.74) is 6.59. The Kier molecular flexibility index (Phi) is 2.82. The van der Waals surface area contributed by atoms with Gasteiger partial charge in [0.15, 0.2) is 5.52 Å². The predicted molar refractivity (Wildman–Crippen MR) is 114 cm³/mol. The molecule has 6 rings (SSSR count). The molecule has 0 fully saturated rings. The fraction of sp³-hybridized carbons (Fsp3) is 0.217. The maximum Gasteiger partial charge on any atom is 0.288 e. The van der Waals surface area contributed by atoms with Gasteiger partial charge in [-0.1, -0.05) is 55.5 Å². The number of aromatic nitrogens is 3. The second-order valence-electron chi connectivity index (χ2n) is 7.86. The summed E-state index contributed by atoms with van der Waals surface area (Å²) in [5.74, 6) is 0.458. The smallest absolute Gasteiger partial charge is 0.288 e. The van der Waals surface area contributed by atoms with Crippen LogP contribution in [-0.2, 0) is 7.05 Å². The molecule has 4 heterocycles. The molecule has 0 N–H and O–H groups in total. The van der Waals surface area contributed by atoms with E-state index in [1.54, 1.807) is 0 Å². The fourth-order valence-corrected chi connectivity index (χ4v) is 5.84. The van der Waals surface area contributed by atoms with Gasteiger partial charge in [0, 0.05) is 21.0 Å². The third-order valence-electron chi connectivity index (χ3n) is 5.86. The van der Waals surface area contributed by atoms with E-state index >= 15 is 0 Å². The quantitative estimate of drug-likeness (QED) is 0.269. The lowest BCUT2D eigenvalue weighted by Gasteiger charge is -2.12. The number of benzene rings is 2. The molecule has 0 aliphatic carbocycles. The van der Waals surface area contributed by atoms with Crippen molar-refractivity contribution in [1.29, 1.82) is 0 Å². The monoisotopic (exact) mass is 370 g/mol. The lowest BCUT2D eigenvalue weighted by atomic mass is 10.0. The summed E-state index contributed by atoms with van der Waals surface area (Å²) in [6.45, 7) is 6.80. The van der Waals surface area contributed by atoms with Gasteiger partial charge in [-0.2, -0.15) is 0 Å². The van der Waals surface area contributed by atoms with E-state index in [0.717, 1.165) is 4.83 Å². The normalized spacial score (nSPS) is 12.8. The molecular formula is C23H20N3S+. The number of rotatable bonds is 1. The second-order valence-corrected chi connectivity index (χ2v) is 8.89. The highest BCUT2D eigenvalue weighted by molar-refractivity contribution is 7.19. The van der Waals surface area contributed by atoms with Gasteiger partial charge in [-0.05, 0) is 29.5 Å². The molecule has 0 saturated carbocycles. The van der Waals surface area contributed by atoms with Crippen LogP contribution in [0.15, 0.2) is 42.7 Å². The minimum atomic E-state index is 0.458. The molecule has 4 heteroatoms. The molecule has 6 aromatic rings. The molecule has 0 unspecified atom stereocenters. The van der Waals surface area contributed by atoms with Crippen molar-refractivity contribution in [3.8, 4) is 0 Å². The molecule has 0 bridgehead atoms. The first-order valence-corrected chi connectivity index (χ1v) is 10.2. The van der Waals surface area contributed by atoms with Crippen molar-refractivity contribution < 1.29 is 4.57 Å². The third-order valence-corrected chi connectivity index (χ3v) is 7.25. The van der Waals surface area contributed by atoms with Gasteiger partial charge in [0.05, 0.1) is 23.6 Å². The zero-order valence-electron chi connectivity index (χ0n) is 15.9. The Bertz CT molecular complexity index is 1520. The van der Waals surface area contributed by atoms with Crippen LogP contribution in [0.2, 0.25) is 0 Å². The Balaban J connectivity index is 2.14. The lowest BCUT2D eigenvalue weighted by Crippen LogP contribution is -2.29. The van der Waals surface area contributed by atoms with Crippen molar-refractivity contribution in [2.75, 3.05) is 0 Å². The van der Waals surface area contributed by atoms with Gasteiger partial charge < -0.3 is 4.40 Å². The van der Waals surface area contributed by atoms with E-state index in [9.17, 15) is 0 Å². The van der Waals surface area contributed by atoms with E-state index in [1.165, 1.54) is 54.1 Å². The molecular weight excluding hydrogens is 350 g/mol. The number of pyridine rings is 1. The Hall–Kier alpha value is -2.72. The van der Waals surface area contributed by atoms with Gasteiger partial charge in [0.25, 0.3) is 6.33 Å². The number of hydrogen-bond donors (Lipinski definition) is 0. The molecule has 4 aromatic heterocycles. The Labute approximate surface area is 160 Å². The maximum absolute atomic E-state index is 4.79. The van der Waals surface area contributed by atoms with E-state index < -0.39 is 0 Å². The Morgan fingerprint density at radius 2 is 1.81 bits per heavy atom. The highest BCUT2D eigenvalue weighted by Crippen LogP contribution is 2.45. The van der Waals surface area contributed by atoms with Crippen LogP contribution in [0.5, 0.6) is 0 Å². The van der Waals surface area contributed by atoms with E-state index in [1.807, 2.05) is 17.7 Å². The van der Waals surface area contributed by atoms with Crippen molar-refractivity contribution in [1.82, 2.24) is 9.38 Å². The summed E-state index contributed by atoms with van der Waals surface area (Å²) < 4.78 is 4.71. The summed E-state index contributed by atoms with van der Waals surface area (Å²) in [6, 6.07) is 13.3. The van der Waals surface area contributed by atoms with E-state index in [2.05, 4.69) is 73.2 Å². The molecule has 0 spiro atoms. The van der Waals surface area contributed by atoms with Gasteiger partial charge in [-0.3, -0.25) is 0 Å². The molecule has 0 amide bonds. The van der Waals surface area contributed by atoms with E-state index in [0.29, 0.717) is 5.92 Å². The molecule has 0 saturated heterocycles. The summed E-state index contributed by atoms with van der Waals surface area (Å²) >= 11 is 1.85. The number of para-hydroxylation sites is 1. The Morgan fingerprint density at radius 3 is 2.63 bits per heavy atom. The van der Waals surface area contributed by atoms with Crippen LogP contribution in [0.3, 0.4) is 0 Å². The van der Waals surface area contributed by atoms with E-state index in [-0.39, 0.29) is 0 Å². The molecule has 3 nitrogen and oxygen atoms in total. The van der Waals surface area contributed by atoms with Gasteiger partial charge in [0.1, 0.15) is 5.39 Å². The molecule has 132 valence electrons. The lowest BCUT2D eigenvalue weighted by molar-refractivity contribution is -0.646. The van der Waals surface area contributed by atoms with Crippen molar-refractivity contribution in [3.05, 3.63) is 53.2 Å². The summed E-state index contributed by atoms with van der Waals surface area (Å²) in [5, 5.41) is 5.31. The molecule has 0 radical (unpaired) electrons. The third kappa shape index (κ3) is 1.72. The zero-order chi connectivity index (χ0) is 18.4. The highest BCUT2D eigenvalue weighted by Gasteiger charge is 2.28. The average molecular weight is 371 g/mol. The first-order chi connectivity index (χ1) is 13.1. The van der Waals surface area contributed by atoms with Crippen molar-refractivity contribution in [2.24, 2.45) is 7.05 Å². The van der Waals surface area contributed by atoms with Crippen LogP contribution in [0.1, 0.15) is 30.2 Å². The standard InChI is InChI=1S/C23H20N3S/c1-12(2)22-21-18-20(25(4)11-24-23(18)27-22)17-13(3)9-10-15-14-7-5-6-8-16(14)26(21)19(15)17/h5-12H,1-4H3/q+1. The fourth-order valence-electron chi connectivity index (χ4n) is 4.71. The van der Waals surface area contributed by atoms with Crippen LogP contribution >= 0.6 is 11.3 Å². The average Bonchev–Trinajstić information content (AvgIpc) is 3.20. The number of thiophene rings is 1. The zero-order valence-corrected chi connectivity index (χ0v) is 16.7. The van der Waals surface area contributed by atoms with Gasteiger partial charge in [-0.15, -0.1) is 0 Å². The molecule has 27 heavy (non-hydrogen) atoms. The van der Waals surface area contributed by atoms with Gasteiger partial charge in [-0.25, -0.2) is 4.57 Å². The topological polar surface area (TPSA) is 21.2 Å². The number of nitrogens with zero attached hydrogens (tertiary/aromatic N) is 3. The number of fused-ring (bicyclic) bond motifs is 5.